The van der Waals surface area contributed by atoms with Gasteiger partial charge in [-0.05, 0) is 41.8 Å². The third-order valence-corrected chi connectivity index (χ3v) is 4.82. The molecule has 0 amide bonds. The molecule has 3 aromatic carbocycles. The molecule has 1 unspecified atom stereocenters. The van der Waals surface area contributed by atoms with E-state index in [0.29, 0.717) is 10.8 Å². The van der Waals surface area contributed by atoms with Crippen molar-refractivity contribution in [3.8, 4) is 11.5 Å². The van der Waals surface area contributed by atoms with E-state index in [1.54, 1.807) is 18.2 Å². The minimum atomic E-state index is -1.15. The molecule has 31 heavy (non-hydrogen) atoms. The molecule has 0 bridgehead atoms. The van der Waals surface area contributed by atoms with E-state index < -0.39 is 18.0 Å². The molecule has 0 aliphatic rings. The van der Waals surface area contributed by atoms with Crippen LogP contribution in [0.25, 0.3) is 0 Å². The van der Waals surface area contributed by atoms with Crippen molar-refractivity contribution in [2.24, 2.45) is 0 Å². The van der Waals surface area contributed by atoms with Crippen LogP contribution in [0.5, 0.6) is 11.5 Å². The van der Waals surface area contributed by atoms with Gasteiger partial charge in [0.25, 0.3) is 0 Å². The van der Waals surface area contributed by atoms with E-state index in [4.69, 9.17) is 26.2 Å². The summed E-state index contributed by atoms with van der Waals surface area (Å²) in [5, 5.41) is 19.3. The van der Waals surface area contributed by atoms with Gasteiger partial charge >= 0.3 is 11.9 Å². The van der Waals surface area contributed by atoms with Gasteiger partial charge in [-0.3, -0.25) is 4.79 Å². The SMILES string of the molecule is O=C(O)CCC(Oc1cc(OCc2ccc(Cl)cc2)ccc1C(=O)O)c1ccccc1. The van der Waals surface area contributed by atoms with Crippen molar-refractivity contribution in [3.05, 3.63) is 94.5 Å². The van der Waals surface area contributed by atoms with E-state index in [0.717, 1.165) is 11.1 Å². The Morgan fingerprint density at radius 3 is 2.29 bits per heavy atom. The maximum absolute atomic E-state index is 11.7. The van der Waals surface area contributed by atoms with Crippen LogP contribution in [0.4, 0.5) is 0 Å². The predicted octanol–water partition coefficient (Wildman–Crippen LogP) is 5.60. The lowest BCUT2D eigenvalue weighted by Gasteiger charge is -2.21. The summed E-state index contributed by atoms with van der Waals surface area (Å²) >= 11 is 5.89. The van der Waals surface area contributed by atoms with Crippen LogP contribution in [-0.4, -0.2) is 22.2 Å². The molecule has 3 aromatic rings. The van der Waals surface area contributed by atoms with Crippen LogP contribution in [0.1, 0.15) is 40.4 Å². The number of carboxylic acid groups (broad SMARTS) is 2. The fourth-order valence-electron chi connectivity index (χ4n) is 2.98. The number of benzene rings is 3. The summed E-state index contributed by atoms with van der Waals surface area (Å²) in [6.07, 6.45) is -0.551. The molecule has 0 aliphatic heterocycles. The van der Waals surface area contributed by atoms with Gasteiger partial charge in [0.1, 0.15) is 29.8 Å². The lowest BCUT2D eigenvalue weighted by Crippen LogP contribution is -2.12. The van der Waals surface area contributed by atoms with E-state index >= 15 is 0 Å². The van der Waals surface area contributed by atoms with Gasteiger partial charge in [-0.15, -0.1) is 0 Å². The van der Waals surface area contributed by atoms with Crippen LogP contribution in [-0.2, 0) is 11.4 Å². The number of ether oxygens (including phenoxy) is 2. The summed E-state index contributed by atoms with van der Waals surface area (Å²) in [5.41, 5.74) is 1.63. The van der Waals surface area contributed by atoms with E-state index in [9.17, 15) is 14.7 Å². The van der Waals surface area contributed by atoms with Crippen LogP contribution >= 0.6 is 11.6 Å². The van der Waals surface area contributed by atoms with Gasteiger partial charge < -0.3 is 19.7 Å². The number of hydrogen-bond acceptors (Lipinski definition) is 4. The first-order valence-electron chi connectivity index (χ1n) is 9.60. The summed E-state index contributed by atoms with van der Waals surface area (Å²) < 4.78 is 11.8. The highest BCUT2D eigenvalue weighted by Crippen LogP contribution is 2.32. The second kappa shape index (κ2) is 10.5. The molecule has 0 heterocycles. The monoisotopic (exact) mass is 440 g/mol. The number of carboxylic acids is 2. The Hall–Kier alpha value is -3.51. The summed E-state index contributed by atoms with van der Waals surface area (Å²) in [6.45, 7) is 0.268. The largest absolute Gasteiger partial charge is 0.489 e. The van der Waals surface area contributed by atoms with Crippen molar-refractivity contribution in [1.29, 1.82) is 0 Å². The van der Waals surface area contributed by atoms with Crippen LogP contribution in [0.3, 0.4) is 0 Å². The van der Waals surface area contributed by atoms with E-state index in [2.05, 4.69) is 0 Å². The van der Waals surface area contributed by atoms with Crippen molar-refractivity contribution in [2.45, 2.75) is 25.6 Å². The van der Waals surface area contributed by atoms with Crippen molar-refractivity contribution in [2.75, 3.05) is 0 Å². The number of aromatic carboxylic acids is 1. The summed E-state index contributed by atoms with van der Waals surface area (Å²) in [7, 11) is 0. The van der Waals surface area contributed by atoms with Gasteiger partial charge in [0.15, 0.2) is 0 Å². The summed E-state index contributed by atoms with van der Waals surface area (Å²) in [6, 6.07) is 20.8. The highest BCUT2D eigenvalue weighted by atomic mass is 35.5. The molecule has 2 N–H and O–H groups in total. The van der Waals surface area contributed by atoms with E-state index in [1.165, 1.54) is 12.1 Å². The zero-order chi connectivity index (χ0) is 22.2. The number of rotatable bonds is 10. The molecule has 0 saturated carbocycles. The maximum atomic E-state index is 11.7. The fourth-order valence-corrected chi connectivity index (χ4v) is 3.11. The van der Waals surface area contributed by atoms with Gasteiger partial charge in [-0.1, -0.05) is 54.1 Å². The molecule has 1 atom stereocenters. The van der Waals surface area contributed by atoms with Gasteiger partial charge in [-0.25, -0.2) is 4.79 Å². The fraction of sp³-hybridized carbons (Fsp3) is 0.167. The first kappa shape index (κ1) is 22.2. The molecule has 0 fully saturated rings. The first-order valence-corrected chi connectivity index (χ1v) is 9.98. The smallest absolute Gasteiger partial charge is 0.339 e. The quantitative estimate of drug-likeness (QED) is 0.426. The van der Waals surface area contributed by atoms with Crippen LogP contribution in [0.15, 0.2) is 72.8 Å². The van der Waals surface area contributed by atoms with Gasteiger partial charge in [0, 0.05) is 17.5 Å². The Morgan fingerprint density at radius 2 is 1.65 bits per heavy atom. The van der Waals surface area contributed by atoms with Gasteiger partial charge in [0.2, 0.25) is 0 Å². The average molecular weight is 441 g/mol. The summed E-state index contributed by atoms with van der Waals surface area (Å²) in [4.78, 5) is 22.8. The topological polar surface area (TPSA) is 93.1 Å². The molecule has 7 heteroatoms. The zero-order valence-electron chi connectivity index (χ0n) is 16.5. The molecule has 6 nitrogen and oxygen atoms in total. The predicted molar refractivity (Wildman–Crippen MR) is 116 cm³/mol. The first-order chi connectivity index (χ1) is 14.9. The molecule has 0 saturated heterocycles. The summed E-state index contributed by atoms with van der Waals surface area (Å²) in [5.74, 6) is -1.56. The maximum Gasteiger partial charge on any atom is 0.339 e. The molecular formula is C24H21ClO6. The van der Waals surface area contributed by atoms with Gasteiger partial charge in [-0.2, -0.15) is 0 Å². The molecule has 0 aromatic heterocycles. The Labute approximate surface area is 184 Å². The third-order valence-electron chi connectivity index (χ3n) is 4.56. The zero-order valence-corrected chi connectivity index (χ0v) is 17.3. The van der Waals surface area contributed by atoms with Crippen molar-refractivity contribution < 1.29 is 29.3 Å². The van der Waals surface area contributed by atoms with Crippen molar-refractivity contribution >= 4 is 23.5 Å². The molecule has 3 rings (SSSR count). The van der Waals surface area contributed by atoms with Crippen LogP contribution in [0, 0.1) is 0 Å². The minimum Gasteiger partial charge on any atom is -0.489 e. The lowest BCUT2D eigenvalue weighted by atomic mass is 10.0. The van der Waals surface area contributed by atoms with Crippen molar-refractivity contribution in [1.82, 2.24) is 0 Å². The lowest BCUT2D eigenvalue weighted by molar-refractivity contribution is -0.137. The average Bonchev–Trinajstić information content (AvgIpc) is 2.76. The van der Waals surface area contributed by atoms with Gasteiger partial charge in [0.05, 0.1) is 0 Å². The molecule has 0 aliphatic carbocycles. The number of hydrogen-bond donors (Lipinski definition) is 2. The van der Waals surface area contributed by atoms with Crippen LogP contribution in [0.2, 0.25) is 5.02 Å². The van der Waals surface area contributed by atoms with E-state index in [1.807, 2.05) is 42.5 Å². The Morgan fingerprint density at radius 1 is 0.935 bits per heavy atom. The second-order valence-corrected chi connectivity index (χ2v) is 7.26. The van der Waals surface area contributed by atoms with Crippen LogP contribution < -0.4 is 9.47 Å². The third kappa shape index (κ3) is 6.49. The number of carbonyl (C=O) groups is 2. The highest BCUT2D eigenvalue weighted by Gasteiger charge is 2.20. The Bertz CT molecular complexity index is 1030. The number of aliphatic carboxylic acids is 1. The molecule has 0 radical (unpaired) electrons. The van der Waals surface area contributed by atoms with Crippen molar-refractivity contribution in [3.63, 3.8) is 0 Å². The van der Waals surface area contributed by atoms with E-state index in [-0.39, 0.29) is 30.8 Å². The Kier molecular flexibility index (Phi) is 7.51. The standard InChI is InChI=1S/C24H21ClO6/c25-18-8-6-16(7-9-18)15-30-19-10-11-20(24(28)29)22(14-19)31-21(12-13-23(26)27)17-4-2-1-3-5-17/h1-11,14,21H,12-13,15H2,(H,26,27)(H,28,29). The second-order valence-electron chi connectivity index (χ2n) is 6.83. The molecular weight excluding hydrogens is 420 g/mol. The normalized spacial score (nSPS) is 11.5. The molecule has 0 spiro atoms. The molecule has 160 valence electrons. The Balaban J connectivity index is 1.83. The minimum absolute atomic E-state index is 0.0323. The highest BCUT2D eigenvalue weighted by molar-refractivity contribution is 6.30. The number of halogens is 1.